The first-order chi connectivity index (χ1) is 19.6. The molecule has 0 radical (unpaired) electrons. The number of aryl methyl sites for hydroxylation is 1. The standard InChI is InChI=1S/C33H38N6O2/c1-20-12-21-13-22(14-28(40)38-10-7-33(8-11-38)27-6-5-9-35-29(27)37-31(33)41)30-36-16-23(15-32(2,3)4)39(30)19-26(21)25-18-34-17-24(20)25/h5-6,9,12,16,18,22H,7-8,10-11,13-15,17,19H2,1-4H3,(H,35,37,41)/t22-/m0/s1. The van der Waals surface area contributed by atoms with Gasteiger partial charge in [0, 0.05) is 67.4 Å². The molecule has 0 unspecified atom stereocenters. The minimum Gasteiger partial charge on any atom is -0.343 e. The van der Waals surface area contributed by atoms with Crippen molar-refractivity contribution >= 4 is 23.8 Å². The number of nitrogens with zero attached hydrogens (tertiary/aromatic N) is 5. The number of piperidine rings is 1. The van der Waals surface area contributed by atoms with E-state index in [9.17, 15) is 9.59 Å². The lowest BCUT2D eigenvalue weighted by Crippen LogP contribution is -2.48. The summed E-state index contributed by atoms with van der Waals surface area (Å²) >= 11 is 0. The molecule has 1 N–H and O–H groups in total. The maximum absolute atomic E-state index is 13.9. The summed E-state index contributed by atoms with van der Waals surface area (Å²) in [6.07, 6.45) is 9.13. The summed E-state index contributed by atoms with van der Waals surface area (Å²) in [5.74, 6) is 1.82. The van der Waals surface area contributed by atoms with Gasteiger partial charge in [0.1, 0.15) is 11.6 Å². The van der Waals surface area contributed by atoms with Gasteiger partial charge in [-0.25, -0.2) is 9.97 Å². The minimum atomic E-state index is -0.584. The van der Waals surface area contributed by atoms with E-state index in [0.717, 1.165) is 37.3 Å². The Bertz CT molecular complexity index is 1600. The van der Waals surface area contributed by atoms with Crippen LogP contribution in [0.25, 0.3) is 0 Å². The number of pyridine rings is 1. The summed E-state index contributed by atoms with van der Waals surface area (Å²) in [6.45, 7) is 11.6. The van der Waals surface area contributed by atoms with Crippen LogP contribution in [-0.2, 0) is 40.9 Å². The number of benzene rings is 1. The molecule has 3 aromatic rings. The lowest BCUT2D eigenvalue weighted by molar-refractivity contribution is -0.135. The smallest absolute Gasteiger partial charge is 0.236 e. The predicted octanol–water partition coefficient (Wildman–Crippen LogP) is 4.70. The molecule has 6 heterocycles. The molecular formula is C33H38N6O2. The third-order valence-electron chi connectivity index (χ3n) is 9.58. The molecule has 4 aliphatic heterocycles. The minimum absolute atomic E-state index is 0.0103. The van der Waals surface area contributed by atoms with Gasteiger partial charge in [0.2, 0.25) is 11.8 Å². The van der Waals surface area contributed by atoms with Crippen molar-refractivity contribution in [3.63, 3.8) is 0 Å². The number of hydrogen-bond donors (Lipinski definition) is 1. The molecule has 2 aromatic heterocycles. The maximum Gasteiger partial charge on any atom is 0.236 e. The number of likely N-dealkylation sites (tertiary alicyclic amines) is 1. The van der Waals surface area contributed by atoms with Crippen LogP contribution in [0, 0.1) is 12.3 Å². The van der Waals surface area contributed by atoms with Crippen molar-refractivity contribution in [3.05, 3.63) is 75.5 Å². The molecule has 0 bridgehead atoms. The number of carbonyl (C=O) groups is 2. The van der Waals surface area contributed by atoms with Gasteiger partial charge in [0.15, 0.2) is 0 Å². The second kappa shape index (κ2) is 9.36. The lowest BCUT2D eigenvalue weighted by atomic mass is 9.74. The number of aromatic nitrogens is 3. The van der Waals surface area contributed by atoms with Crippen LogP contribution in [0.4, 0.5) is 5.82 Å². The predicted molar refractivity (Wildman–Crippen MR) is 158 cm³/mol. The van der Waals surface area contributed by atoms with Gasteiger partial charge >= 0.3 is 0 Å². The fraction of sp³-hybridized carbons (Fsp3) is 0.485. The zero-order chi connectivity index (χ0) is 28.5. The van der Waals surface area contributed by atoms with Gasteiger partial charge in [-0.3, -0.25) is 14.6 Å². The molecular weight excluding hydrogens is 512 g/mol. The Morgan fingerprint density at radius 1 is 1.17 bits per heavy atom. The van der Waals surface area contributed by atoms with Crippen LogP contribution in [0.5, 0.6) is 0 Å². The second-order valence-corrected chi connectivity index (χ2v) is 13.5. The van der Waals surface area contributed by atoms with Crippen molar-refractivity contribution in [1.82, 2.24) is 19.4 Å². The summed E-state index contributed by atoms with van der Waals surface area (Å²) in [5, 5.41) is 2.96. The Morgan fingerprint density at radius 2 is 1.98 bits per heavy atom. The Morgan fingerprint density at radius 3 is 2.76 bits per heavy atom. The van der Waals surface area contributed by atoms with Crippen molar-refractivity contribution in [2.45, 2.75) is 84.2 Å². The zero-order valence-electron chi connectivity index (χ0n) is 24.5. The number of fused-ring (bicyclic) bond motifs is 6. The number of rotatable bonds is 3. The van der Waals surface area contributed by atoms with Crippen molar-refractivity contribution in [2.24, 2.45) is 10.4 Å². The largest absolute Gasteiger partial charge is 0.343 e. The van der Waals surface area contributed by atoms with Crippen molar-refractivity contribution in [3.8, 4) is 0 Å². The number of anilines is 1. The first-order valence-corrected chi connectivity index (χ1v) is 14.9. The van der Waals surface area contributed by atoms with E-state index in [1.54, 1.807) is 6.20 Å². The molecule has 1 saturated heterocycles. The molecule has 2 amide bonds. The Labute approximate surface area is 241 Å². The molecule has 4 aliphatic rings. The molecule has 1 fully saturated rings. The molecule has 212 valence electrons. The van der Waals surface area contributed by atoms with Gasteiger partial charge in [-0.15, -0.1) is 0 Å². The van der Waals surface area contributed by atoms with Gasteiger partial charge in [-0.2, -0.15) is 0 Å². The highest BCUT2D eigenvalue weighted by atomic mass is 16.2. The number of amides is 2. The highest BCUT2D eigenvalue weighted by Gasteiger charge is 2.49. The van der Waals surface area contributed by atoms with Crippen LogP contribution in [0.3, 0.4) is 0 Å². The van der Waals surface area contributed by atoms with Gasteiger partial charge in [0.25, 0.3) is 0 Å². The van der Waals surface area contributed by atoms with E-state index in [1.165, 1.54) is 33.5 Å². The van der Waals surface area contributed by atoms with E-state index in [4.69, 9.17) is 4.98 Å². The molecule has 41 heavy (non-hydrogen) atoms. The number of nitrogens with one attached hydrogen (secondary N) is 1. The molecule has 8 heteroatoms. The Kier molecular flexibility index (Phi) is 5.96. The fourth-order valence-corrected chi connectivity index (χ4v) is 7.48. The van der Waals surface area contributed by atoms with Crippen LogP contribution in [-0.4, -0.2) is 50.6 Å². The van der Waals surface area contributed by atoms with Crippen LogP contribution < -0.4 is 5.32 Å². The molecule has 0 aliphatic carbocycles. The maximum atomic E-state index is 13.9. The van der Waals surface area contributed by atoms with E-state index in [1.807, 2.05) is 29.4 Å². The summed E-state index contributed by atoms with van der Waals surface area (Å²) in [4.78, 5) is 42.8. The molecule has 1 spiro atoms. The van der Waals surface area contributed by atoms with Crippen LogP contribution in [0.2, 0.25) is 0 Å². The topological polar surface area (TPSA) is 92.5 Å². The number of aliphatic imine (C=N–C) groups is 1. The molecule has 1 atom stereocenters. The molecule has 7 rings (SSSR count). The summed E-state index contributed by atoms with van der Waals surface area (Å²) in [5.41, 5.74) is 8.24. The van der Waals surface area contributed by atoms with Crippen LogP contribution in [0.15, 0.2) is 35.6 Å². The molecule has 1 aromatic carbocycles. The highest BCUT2D eigenvalue weighted by molar-refractivity contribution is 6.05. The third kappa shape index (κ3) is 4.30. The Balaban J connectivity index is 1.17. The molecule has 8 nitrogen and oxygen atoms in total. The Hall–Kier alpha value is -3.81. The monoisotopic (exact) mass is 550 g/mol. The van der Waals surface area contributed by atoms with E-state index in [2.05, 4.69) is 53.6 Å². The number of carbonyl (C=O) groups excluding carboxylic acids is 2. The first kappa shape index (κ1) is 26.1. The van der Waals surface area contributed by atoms with Gasteiger partial charge in [-0.05, 0) is 66.3 Å². The van der Waals surface area contributed by atoms with Crippen LogP contribution in [0.1, 0.15) is 90.9 Å². The molecule has 0 saturated carbocycles. The van der Waals surface area contributed by atoms with Crippen molar-refractivity contribution in [2.75, 3.05) is 18.4 Å². The number of imidazole rings is 1. The van der Waals surface area contributed by atoms with Crippen molar-refractivity contribution < 1.29 is 9.59 Å². The number of hydrogen-bond acceptors (Lipinski definition) is 5. The second-order valence-electron chi connectivity index (χ2n) is 13.5. The van der Waals surface area contributed by atoms with E-state index >= 15 is 0 Å². The zero-order valence-corrected chi connectivity index (χ0v) is 24.5. The average Bonchev–Trinajstić information content (AvgIpc) is 3.61. The average molecular weight is 551 g/mol. The first-order valence-electron chi connectivity index (χ1n) is 14.9. The van der Waals surface area contributed by atoms with Gasteiger partial charge < -0.3 is 14.8 Å². The van der Waals surface area contributed by atoms with E-state index in [-0.39, 0.29) is 23.1 Å². The van der Waals surface area contributed by atoms with E-state index in [0.29, 0.717) is 38.2 Å². The highest BCUT2D eigenvalue weighted by Crippen LogP contribution is 2.44. The van der Waals surface area contributed by atoms with Gasteiger partial charge in [-0.1, -0.05) is 32.9 Å². The third-order valence-corrected chi connectivity index (χ3v) is 9.58. The quantitative estimate of drug-likeness (QED) is 0.512. The van der Waals surface area contributed by atoms with Gasteiger partial charge in [0.05, 0.1) is 12.0 Å². The van der Waals surface area contributed by atoms with Crippen molar-refractivity contribution in [1.29, 1.82) is 0 Å². The summed E-state index contributed by atoms with van der Waals surface area (Å²) < 4.78 is 2.38. The lowest BCUT2D eigenvalue weighted by Gasteiger charge is -2.38. The summed E-state index contributed by atoms with van der Waals surface area (Å²) in [7, 11) is 0. The fourth-order valence-electron chi connectivity index (χ4n) is 7.48. The van der Waals surface area contributed by atoms with Crippen LogP contribution >= 0.6 is 0 Å². The van der Waals surface area contributed by atoms with E-state index < -0.39 is 5.41 Å². The summed E-state index contributed by atoms with van der Waals surface area (Å²) in [6, 6.07) is 6.21. The normalized spacial score (nSPS) is 20.3. The SMILES string of the molecule is Cc1cc2c(c3c1CN=C3)Cn1c(CC(C)(C)C)cnc1[C@H](CC(=O)N1CCC3(CC1)C(=O)Nc1ncccc13)C2.